The molecule has 112 valence electrons. The first-order valence-corrected chi connectivity index (χ1v) is 9.91. The molecule has 1 rings (SSSR count). The third-order valence-electron chi connectivity index (χ3n) is 2.89. The summed E-state index contributed by atoms with van der Waals surface area (Å²) in [4.78, 5) is 11.8. The molecule has 0 amide bonds. The van der Waals surface area contributed by atoms with Crippen LogP contribution in [0.15, 0.2) is 22.4 Å². The summed E-state index contributed by atoms with van der Waals surface area (Å²) >= 11 is 17.5. The zero-order valence-corrected chi connectivity index (χ0v) is 18.8. The summed E-state index contributed by atoms with van der Waals surface area (Å²) in [7, 11) is 0. The van der Waals surface area contributed by atoms with Crippen LogP contribution in [0.5, 0.6) is 0 Å². The lowest BCUT2D eigenvalue weighted by molar-refractivity contribution is -0.146. The van der Waals surface area contributed by atoms with Crippen molar-refractivity contribution in [3.05, 3.63) is 27.9 Å². The van der Waals surface area contributed by atoms with Crippen LogP contribution in [-0.2, 0) is 16.1 Å². The van der Waals surface area contributed by atoms with E-state index in [1.807, 2.05) is 6.92 Å². The van der Waals surface area contributed by atoms with Crippen molar-refractivity contribution in [3.8, 4) is 0 Å². The van der Waals surface area contributed by atoms with Crippen LogP contribution in [0.3, 0.4) is 0 Å². The summed E-state index contributed by atoms with van der Waals surface area (Å²) in [5, 5.41) is 0. The minimum Gasteiger partial charge on any atom is -0.461 e. The van der Waals surface area contributed by atoms with E-state index in [0.29, 0.717) is 12.3 Å². The molecule has 0 radical (unpaired) electrons. The van der Waals surface area contributed by atoms with Crippen LogP contribution in [0.1, 0.15) is 32.3 Å². The van der Waals surface area contributed by atoms with Crippen molar-refractivity contribution in [2.24, 2.45) is 5.92 Å². The van der Waals surface area contributed by atoms with E-state index in [0.717, 1.165) is 34.3 Å². The first kappa shape index (κ1) is 19.1. The van der Waals surface area contributed by atoms with E-state index in [-0.39, 0.29) is 12.6 Å². The molecule has 0 aliphatic carbocycles. The third kappa shape index (κ3) is 4.80. The standard InChI is InChI=1S/C13H13Br5O2/c1-3-6(2)4-8(19)20-5-7-9(14)11(16)13(18)12(17)10(7)15/h6H,3-5H2,1-2H3. The molecule has 2 nitrogen and oxygen atoms in total. The number of rotatable bonds is 5. The van der Waals surface area contributed by atoms with E-state index in [1.54, 1.807) is 0 Å². The maximum absolute atomic E-state index is 11.8. The van der Waals surface area contributed by atoms with Crippen molar-refractivity contribution in [1.29, 1.82) is 0 Å². The minimum absolute atomic E-state index is 0.173. The van der Waals surface area contributed by atoms with Crippen LogP contribution in [-0.4, -0.2) is 5.97 Å². The van der Waals surface area contributed by atoms with E-state index in [9.17, 15) is 4.79 Å². The fraction of sp³-hybridized carbons (Fsp3) is 0.462. The minimum atomic E-state index is -0.173. The first-order valence-electron chi connectivity index (χ1n) is 5.95. The van der Waals surface area contributed by atoms with Crippen LogP contribution in [0.2, 0.25) is 0 Å². The molecule has 0 aromatic heterocycles. The molecule has 1 aromatic rings. The second-order valence-electron chi connectivity index (χ2n) is 4.43. The molecule has 0 saturated heterocycles. The van der Waals surface area contributed by atoms with Crippen LogP contribution < -0.4 is 0 Å². The smallest absolute Gasteiger partial charge is 0.306 e. The molecule has 1 atom stereocenters. The second-order valence-corrected chi connectivity index (χ2v) is 8.39. The lowest BCUT2D eigenvalue weighted by Crippen LogP contribution is -2.09. The highest BCUT2D eigenvalue weighted by atomic mass is 79.9. The van der Waals surface area contributed by atoms with Crippen molar-refractivity contribution < 1.29 is 9.53 Å². The quantitative estimate of drug-likeness (QED) is 0.207. The number of benzene rings is 1. The Hall–Kier alpha value is 1.09. The molecule has 1 aromatic carbocycles. The fourth-order valence-corrected chi connectivity index (χ4v) is 4.78. The maximum Gasteiger partial charge on any atom is 0.306 e. The summed E-state index contributed by atoms with van der Waals surface area (Å²) in [6, 6.07) is 0. The van der Waals surface area contributed by atoms with Gasteiger partial charge in [0.2, 0.25) is 0 Å². The van der Waals surface area contributed by atoms with Gasteiger partial charge in [-0.15, -0.1) is 0 Å². The molecule has 0 bridgehead atoms. The average molecular weight is 601 g/mol. The van der Waals surface area contributed by atoms with Gasteiger partial charge in [0.05, 0.1) is 0 Å². The highest BCUT2D eigenvalue weighted by molar-refractivity contribution is 9.15. The number of hydrogen-bond acceptors (Lipinski definition) is 2. The molecule has 1 unspecified atom stereocenters. The van der Waals surface area contributed by atoms with Gasteiger partial charge in [-0.3, -0.25) is 4.79 Å². The Bertz CT molecular complexity index is 487. The predicted molar refractivity (Wildman–Crippen MR) is 98.8 cm³/mol. The molecule has 7 heteroatoms. The summed E-state index contributed by atoms with van der Waals surface area (Å²) < 4.78 is 9.72. The Kier molecular flexibility index (Phi) is 8.28. The summed E-state index contributed by atoms with van der Waals surface area (Å²) in [5.41, 5.74) is 0.879. The van der Waals surface area contributed by atoms with Gasteiger partial charge < -0.3 is 4.74 Å². The highest BCUT2D eigenvalue weighted by Gasteiger charge is 2.19. The Balaban J connectivity index is 2.86. The monoisotopic (exact) mass is 596 g/mol. The number of carbonyl (C=O) groups is 1. The number of ether oxygens (including phenoxy) is 1. The van der Waals surface area contributed by atoms with Crippen LogP contribution in [0, 0.1) is 5.92 Å². The normalized spacial score (nSPS) is 12.3. The molecule has 20 heavy (non-hydrogen) atoms. The maximum atomic E-state index is 11.8. The number of halogens is 5. The van der Waals surface area contributed by atoms with Gasteiger partial charge in [0.1, 0.15) is 6.61 Å². The van der Waals surface area contributed by atoms with Crippen LogP contribution in [0.25, 0.3) is 0 Å². The molecular weight excluding hydrogens is 588 g/mol. The number of esters is 1. The summed E-state index contributed by atoms with van der Waals surface area (Å²) in [6.45, 7) is 4.33. The first-order chi connectivity index (χ1) is 9.29. The largest absolute Gasteiger partial charge is 0.461 e. The Morgan fingerprint density at radius 3 is 1.90 bits per heavy atom. The van der Waals surface area contributed by atoms with Gasteiger partial charge in [-0.25, -0.2) is 0 Å². The van der Waals surface area contributed by atoms with Crippen LogP contribution in [0.4, 0.5) is 0 Å². The van der Waals surface area contributed by atoms with Crippen molar-refractivity contribution in [2.75, 3.05) is 0 Å². The SMILES string of the molecule is CCC(C)CC(=O)OCc1c(Br)c(Br)c(Br)c(Br)c1Br. The summed E-state index contributed by atoms with van der Waals surface area (Å²) in [5.74, 6) is 0.172. The third-order valence-corrected chi connectivity index (χ3v) is 9.15. The molecule has 0 heterocycles. The Morgan fingerprint density at radius 1 is 1.00 bits per heavy atom. The zero-order chi connectivity index (χ0) is 15.4. The average Bonchev–Trinajstić information content (AvgIpc) is 2.42. The van der Waals surface area contributed by atoms with Crippen molar-refractivity contribution >= 4 is 85.6 Å². The van der Waals surface area contributed by atoms with Crippen molar-refractivity contribution in [3.63, 3.8) is 0 Å². The topological polar surface area (TPSA) is 26.3 Å². The van der Waals surface area contributed by atoms with Crippen LogP contribution >= 0.6 is 79.6 Å². The Labute approximate surface area is 161 Å². The molecule has 0 saturated carbocycles. The van der Waals surface area contributed by atoms with E-state index in [1.165, 1.54) is 0 Å². The Morgan fingerprint density at radius 2 is 1.45 bits per heavy atom. The zero-order valence-electron chi connectivity index (χ0n) is 10.9. The van der Waals surface area contributed by atoms with Gasteiger partial charge in [0.25, 0.3) is 0 Å². The van der Waals surface area contributed by atoms with Crippen molar-refractivity contribution in [1.82, 2.24) is 0 Å². The fourth-order valence-electron chi connectivity index (χ4n) is 1.42. The summed E-state index contributed by atoms with van der Waals surface area (Å²) in [6.07, 6.45) is 1.42. The van der Waals surface area contributed by atoms with E-state index >= 15 is 0 Å². The van der Waals surface area contributed by atoms with Gasteiger partial charge in [-0.1, -0.05) is 20.3 Å². The van der Waals surface area contributed by atoms with Gasteiger partial charge in [-0.05, 0) is 85.6 Å². The van der Waals surface area contributed by atoms with Crippen molar-refractivity contribution in [2.45, 2.75) is 33.3 Å². The van der Waals surface area contributed by atoms with Gasteiger partial charge in [0, 0.05) is 34.3 Å². The number of hydrogen-bond donors (Lipinski definition) is 0. The van der Waals surface area contributed by atoms with Gasteiger partial charge in [-0.2, -0.15) is 0 Å². The second kappa shape index (κ2) is 8.65. The van der Waals surface area contributed by atoms with E-state index in [2.05, 4.69) is 86.6 Å². The molecule has 0 spiro atoms. The van der Waals surface area contributed by atoms with E-state index in [4.69, 9.17) is 4.74 Å². The highest BCUT2D eigenvalue weighted by Crippen LogP contribution is 2.44. The lowest BCUT2D eigenvalue weighted by atomic mass is 10.1. The predicted octanol–water partition coefficient (Wildman–Crippen LogP) is 6.98. The molecule has 0 N–H and O–H groups in total. The lowest BCUT2D eigenvalue weighted by Gasteiger charge is -2.14. The van der Waals surface area contributed by atoms with Gasteiger partial charge >= 0.3 is 5.97 Å². The molecule has 0 fully saturated rings. The molecular formula is C13H13Br5O2. The molecule has 0 aliphatic rings. The number of carbonyl (C=O) groups excluding carboxylic acids is 1. The van der Waals surface area contributed by atoms with Gasteiger partial charge in [0.15, 0.2) is 0 Å². The van der Waals surface area contributed by atoms with E-state index < -0.39 is 0 Å². The molecule has 0 aliphatic heterocycles.